The first-order valence-corrected chi connectivity index (χ1v) is 8.36. The Bertz CT molecular complexity index is 624. The molecule has 4 heteroatoms. The van der Waals surface area contributed by atoms with Crippen molar-refractivity contribution in [3.05, 3.63) is 65.7 Å². The number of carbonyl (C=O) groups excluding carboxylic acids is 1. The van der Waals surface area contributed by atoms with E-state index >= 15 is 0 Å². The summed E-state index contributed by atoms with van der Waals surface area (Å²) in [6.45, 7) is 5.10. The molecule has 0 aliphatic carbocycles. The summed E-state index contributed by atoms with van der Waals surface area (Å²) >= 11 is 0. The van der Waals surface area contributed by atoms with E-state index in [9.17, 15) is 4.79 Å². The van der Waals surface area contributed by atoms with Crippen molar-refractivity contribution >= 4 is 5.91 Å². The minimum absolute atomic E-state index is 0.0554. The SMILES string of the molecule is CC(C)c1ccc(C(N)CNC(=O)CCOc2ccccc2)cc1. The fourth-order valence-electron chi connectivity index (χ4n) is 2.34. The molecular weight excluding hydrogens is 300 g/mol. The Morgan fingerprint density at radius 1 is 1.04 bits per heavy atom. The van der Waals surface area contributed by atoms with Crippen molar-refractivity contribution in [1.29, 1.82) is 0 Å². The molecule has 1 atom stereocenters. The first kappa shape index (κ1) is 18.0. The first-order chi connectivity index (χ1) is 11.6. The number of benzene rings is 2. The Balaban J connectivity index is 1.70. The lowest BCUT2D eigenvalue weighted by Crippen LogP contribution is -2.32. The van der Waals surface area contributed by atoms with Crippen LogP contribution in [0.25, 0.3) is 0 Å². The Morgan fingerprint density at radius 3 is 2.29 bits per heavy atom. The Kier molecular flexibility index (Phi) is 6.82. The van der Waals surface area contributed by atoms with Gasteiger partial charge in [0, 0.05) is 12.6 Å². The maximum Gasteiger partial charge on any atom is 0.223 e. The van der Waals surface area contributed by atoms with Crippen molar-refractivity contribution in [2.45, 2.75) is 32.2 Å². The van der Waals surface area contributed by atoms with Gasteiger partial charge in [0.15, 0.2) is 0 Å². The zero-order valence-corrected chi connectivity index (χ0v) is 14.4. The third kappa shape index (κ3) is 5.70. The lowest BCUT2D eigenvalue weighted by molar-refractivity contribution is -0.121. The van der Waals surface area contributed by atoms with Crippen molar-refractivity contribution in [3.8, 4) is 5.75 Å². The lowest BCUT2D eigenvalue weighted by atomic mass is 9.99. The third-order valence-corrected chi connectivity index (χ3v) is 3.89. The highest BCUT2D eigenvalue weighted by atomic mass is 16.5. The number of carbonyl (C=O) groups is 1. The number of nitrogens with two attached hydrogens (primary N) is 1. The van der Waals surface area contributed by atoms with Crippen molar-refractivity contribution in [2.75, 3.05) is 13.2 Å². The summed E-state index contributed by atoms with van der Waals surface area (Å²) in [7, 11) is 0. The van der Waals surface area contributed by atoms with Gasteiger partial charge in [-0.05, 0) is 29.2 Å². The molecule has 0 aliphatic heterocycles. The fraction of sp³-hybridized carbons (Fsp3) is 0.350. The van der Waals surface area contributed by atoms with Gasteiger partial charge in [0.05, 0.1) is 13.0 Å². The number of hydrogen-bond acceptors (Lipinski definition) is 3. The van der Waals surface area contributed by atoms with Crippen LogP contribution in [0.3, 0.4) is 0 Å². The number of hydrogen-bond donors (Lipinski definition) is 2. The lowest BCUT2D eigenvalue weighted by Gasteiger charge is -2.15. The molecule has 0 saturated carbocycles. The molecule has 0 aliphatic rings. The highest BCUT2D eigenvalue weighted by Gasteiger charge is 2.09. The maximum absolute atomic E-state index is 11.9. The second-order valence-corrected chi connectivity index (χ2v) is 6.14. The molecule has 2 aromatic rings. The molecule has 0 saturated heterocycles. The Hall–Kier alpha value is -2.33. The van der Waals surface area contributed by atoms with Crippen molar-refractivity contribution < 1.29 is 9.53 Å². The molecule has 1 unspecified atom stereocenters. The number of para-hydroxylation sites is 1. The van der Waals surface area contributed by atoms with E-state index in [1.165, 1.54) is 5.56 Å². The number of nitrogens with one attached hydrogen (secondary N) is 1. The average molecular weight is 326 g/mol. The van der Waals surface area contributed by atoms with E-state index in [0.717, 1.165) is 11.3 Å². The normalized spacial score (nSPS) is 12.0. The van der Waals surface area contributed by atoms with Crippen molar-refractivity contribution in [2.24, 2.45) is 5.73 Å². The van der Waals surface area contributed by atoms with Gasteiger partial charge in [0.25, 0.3) is 0 Å². The van der Waals surface area contributed by atoms with Crippen LogP contribution >= 0.6 is 0 Å². The van der Waals surface area contributed by atoms with Crippen LogP contribution in [-0.2, 0) is 4.79 Å². The van der Waals surface area contributed by atoms with Gasteiger partial charge >= 0.3 is 0 Å². The second-order valence-electron chi connectivity index (χ2n) is 6.14. The molecule has 0 aromatic heterocycles. The molecule has 0 fully saturated rings. The number of rotatable bonds is 8. The van der Waals surface area contributed by atoms with Crippen LogP contribution in [0.15, 0.2) is 54.6 Å². The molecule has 0 heterocycles. The van der Waals surface area contributed by atoms with Crippen LogP contribution in [-0.4, -0.2) is 19.1 Å². The molecule has 0 spiro atoms. The van der Waals surface area contributed by atoms with Crippen LogP contribution in [0.1, 0.15) is 43.4 Å². The van der Waals surface area contributed by atoms with Gasteiger partial charge in [0.1, 0.15) is 5.75 Å². The zero-order valence-electron chi connectivity index (χ0n) is 14.4. The summed E-state index contributed by atoms with van der Waals surface area (Å²) in [6.07, 6.45) is 0.313. The van der Waals surface area contributed by atoms with Crippen molar-refractivity contribution in [3.63, 3.8) is 0 Å². The fourth-order valence-corrected chi connectivity index (χ4v) is 2.34. The molecule has 4 nitrogen and oxygen atoms in total. The van der Waals surface area contributed by atoms with Gasteiger partial charge in [-0.2, -0.15) is 0 Å². The topological polar surface area (TPSA) is 64.3 Å². The third-order valence-electron chi connectivity index (χ3n) is 3.89. The van der Waals surface area contributed by atoms with Gasteiger partial charge in [-0.25, -0.2) is 0 Å². The summed E-state index contributed by atoms with van der Waals surface area (Å²) < 4.78 is 5.51. The Morgan fingerprint density at radius 2 is 1.67 bits per heavy atom. The largest absolute Gasteiger partial charge is 0.493 e. The molecule has 0 radical (unpaired) electrons. The van der Waals surface area contributed by atoms with E-state index in [-0.39, 0.29) is 11.9 Å². The molecule has 128 valence electrons. The zero-order chi connectivity index (χ0) is 17.4. The first-order valence-electron chi connectivity index (χ1n) is 8.36. The quantitative estimate of drug-likeness (QED) is 0.781. The van der Waals surface area contributed by atoms with Gasteiger partial charge in [-0.3, -0.25) is 4.79 Å². The van der Waals surface area contributed by atoms with Crippen molar-refractivity contribution in [1.82, 2.24) is 5.32 Å². The molecule has 1 amide bonds. The predicted octanol–water partition coefficient (Wildman–Crippen LogP) is 3.40. The number of ether oxygens (including phenoxy) is 1. The van der Waals surface area contributed by atoms with Crippen LogP contribution in [0.2, 0.25) is 0 Å². The standard InChI is InChI=1S/C20H26N2O2/c1-15(2)16-8-10-17(11-9-16)19(21)14-22-20(23)12-13-24-18-6-4-3-5-7-18/h3-11,15,19H,12-14,21H2,1-2H3,(H,22,23). The monoisotopic (exact) mass is 326 g/mol. The molecule has 3 N–H and O–H groups in total. The summed E-state index contributed by atoms with van der Waals surface area (Å²) in [5, 5.41) is 2.86. The highest BCUT2D eigenvalue weighted by molar-refractivity contribution is 5.76. The van der Waals surface area contributed by atoms with E-state index in [4.69, 9.17) is 10.5 Å². The highest BCUT2D eigenvalue weighted by Crippen LogP contribution is 2.17. The summed E-state index contributed by atoms with van der Waals surface area (Å²) in [5.74, 6) is 1.21. The summed E-state index contributed by atoms with van der Waals surface area (Å²) in [5.41, 5.74) is 8.46. The predicted molar refractivity (Wildman–Crippen MR) is 97.0 cm³/mol. The van der Waals surface area contributed by atoms with Crippen LogP contribution in [0.4, 0.5) is 0 Å². The molecular formula is C20H26N2O2. The minimum atomic E-state index is -0.204. The van der Waals surface area contributed by atoms with Gasteiger partial charge < -0.3 is 15.8 Å². The molecule has 0 bridgehead atoms. The van der Waals surface area contributed by atoms with Gasteiger partial charge in [-0.1, -0.05) is 56.3 Å². The van der Waals surface area contributed by atoms with E-state index in [1.807, 2.05) is 42.5 Å². The smallest absolute Gasteiger partial charge is 0.223 e. The van der Waals surface area contributed by atoms with E-state index in [1.54, 1.807) is 0 Å². The van der Waals surface area contributed by atoms with Gasteiger partial charge in [0.2, 0.25) is 5.91 Å². The average Bonchev–Trinajstić information content (AvgIpc) is 2.60. The van der Waals surface area contributed by atoms with Gasteiger partial charge in [-0.15, -0.1) is 0 Å². The van der Waals surface area contributed by atoms with Crippen LogP contribution in [0, 0.1) is 0 Å². The minimum Gasteiger partial charge on any atom is -0.493 e. The maximum atomic E-state index is 11.9. The van der Waals surface area contributed by atoms with E-state index in [2.05, 4.69) is 31.3 Å². The van der Waals surface area contributed by atoms with E-state index in [0.29, 0.717) is 25.5 Å². The molecule has 24 heavy (non-hydrogen) atoms. The summed E-state index contributed by atoms with van der Waals surface area (Å²) in [6, 6.07) is 17.5. The molecule has 2 rings (SSSR count). The second kappa shape index (κ2) is 9.08. The summed E-state index contributed by atoms with van der Waals surface area (Å²) in [4.78, 5) is 11.9. The number of amides is 1. The van der Waals surface area contributed by atoms with Crippen LogP contribution in [0.5, 0.6) is 5.75 Å². The van der Waals surface area contributed by atoms with Crippen LogP contribution < -0.4 is 15.8 Å². The Labute approximate surface area is 144 Å². The molecule has 2 aromatic carbocycles. The van der Waals surface area contributed by atoms with E-state index < -0.39 is 0 Å².